The van der Waals surface area contributed by atoms with Crippen LogP contribution >= 0.6 is 0 Å². The molecule has 0 spiro atoms. The molecule has 0 amide bonds. The molecule has 0 bridgehead atoms. The first kappa shape index (κ1) is 20.9. The van der Waals surface area contributed by atoms with E-state index in [0.29, 0.717) is 47.6 Å². The van der Waals surface area contributed by atoms with Crippen LogP contribution in [0.25, 0.3) is 22.6 Å². The van der Waals surface area contributed by atoms with Crippen LogP contribution in [-0.4, -0.2) is 51.4 Å². The van der Waals surface area contributed by atoms with Crippen LogP contribution in [0.2, 0.25) is 0 Å². The number of ether oxygens (including phenoxy) is 2. The lowest BCUT2D eigenvalue weighted by Crippen LogP contribution is -2.39. The second kappa shape index (κ2) is 8.77. The van der Waals surface area contributed by atoms with Crippen LogP contribution in [-0.2, 0) is 9.47 Å². The van der Waals surface area contributed by atoms with Crippen molar-refractivity contribution in [1.82, 2.24) is 19.9 Å². The van der Waals surface area contributed by atoms with Crippen LogP contribution in [0.4, 0.5) is 10.3 Å². The van der Waals surface area contributed by atoms with Crippen LogP contribution in [0.15, 0.2) is 36.5 Å². The fraction of sp³-hybridized carbons (Fsp3) is 0.333. The van der Waals surface area contributed by atoms with Crippen LogP contribution in [0.5, 0.6) is 0 Å². The molecular formula is C21H21FN6O3. The molecule has 1 fully saturated rings. The Morgan fingerprint density at radius 1 is 1.26 bits per heavy atom. The number of imidazole rings is 1. The number of hydrogen-bond donors (Lipinski definition) is 3. The Labute approximate surface area is 177 Å². The van der Waals surface area contributed by atoms with Gasteiger partial charge in [0.2, 0.25) is 12.2 Å². The minimum absolute atomic E-state index is 0.0522. The second-order valence-electron chi connectivity index (χ2n) is 7.55. The molecule has 3 aromatic rings. The fourth-order valence-corrected chi connectivity index (χ4v) is 3.10. The Hall–Kier alpha value is -3.39. The van der Waals surface area contributed by atoms with E-state index >= 15 is 0 Å². The van der Waals surface area contributed by atoms with E-state index in [4.69, 9.17) is 14.7 Å². The lowest BCUT2D eigenvalue weighted by Gasteiger charge is -2.35. The van der Waals surface area contributed by atoms with Crippen molar-refractivity contribution < 1.29 is 19.0 Å². The van der Waals surface area contributed by atoms with Gasteiger partial charge in [-0.3, -0.25) is 0 Å². The zero-order valence-electron chi connectivity index (χ0n) is 16.8. The molecule has 9 nitrogen and oxygen atoms in total. The summed E-state index contributed by atoms with van der Waals surface area (Å²) in [6, 6.07) is 9.64. The van der Waals surface area contributed by atoms with Crippen molar-refractivity contribution in [1.29, 1.82) is 5.26 Å². The number of nitriles is 1. The number of benzene rings is 1. The quantitative estimate of drug-likeness (QED) is 0.515. The summed E-state index contributed by atoms with van der Waals surface area (Å²) in [5, 5.41) is 21.1. The molecule has 1 aliphatic rings. The average molecular weight is 424 g/mol. The molecule has 0 radical (unpaired) electrons. The molecule has 160 valence electrons. The molecule has 1 aliphatic heterocycles. The highest BCUT2D eigenvalue weighted by Crippen LogP contribution is 2.35. The molecule has 0 unspecified atom stereocenters. The smallest absolute Gasteiger partial charge is 0.224 e. The minimum atomic E-state index is -0.745. The third-order valence-electron chi connectivity index (χ3n) is 4.85. The molecule has 3 heterocycles. The van der Waals surface area contributed by atoms with E-state index in [1.54, 1.807) is 24.4 Å². The van der Waals surface area contributed by atoms with Gasteiger partial charge in [-0.1, -0.05) is 6.92 Å². The average Bonchev–Trinajstić information content (AvgIpc) is 3.24. The first-order chi connectivity index (χ1) is 15.0. The maximum absolute atomic E-state index is 13.5. The molecular weight excluding hydrogens is 403 g/mol. The number of nitrogens with one attached hydrogen (secondary N) is 2. The van der Waals surface area contributed by atoms with Gasteiger partial charge in [0.1, 0.15) is 12.4 Å². The van der Waals surface area contributed by atoms with E-state index in [9.17, 15) is 9.50 Å². The van der Waals surface area contributed by atoms with Gasteiger partial charge in [-0.15, -0.1) is 0 Å². The predicted molar refractivity (Wildman–Crippen MR) is 109 cm³/mol. The normalized spacial score (nSPS) is 20.9. The van der Waals surface area contributed by atoms with Crippen molar-refractivity contribution in [2.24, 2.45) is 5.41 Å². The molecule has 4 rings (SSSR count). The van der Waals surface area contributed by atoms with Crippen molar-refractivity contribution in [2.45, 2.75) is 13.2 Å². The largest absolute Gasteiger partial charge is 0.396 e. The van der Waals surface area contributed by atoms with E-state index in [1.807, 2.05) is 13.0 Å². The zero-order chi connectivity index (χ0) is 21.8. The van der Waals surface area contributed by atoms with Gasteiger partial charge < -0.3 is 24.9 Å². The van der Waals surface area contributed by atoms with Gasteiger partial charge in [0.15, 0.2) is 5.82 Å². The number of aromatic nitrogens is 4. The summed E-state index contributed by atoms with van der Waals surface area (Å²) < 4.78 is 25.0. The SMILES string of the molecule is CC1(CO)COC(c2nc(-c3ccc(F)cc3)c(-c3ccnc(NCC#N)n3)[nH]2)OC1. The highest BCUT2D eigenvalue weighted by molar-refractivity contribution is 5.77. The number of rotatable bonds is 6. The summed E-state index contributed by atoms with van der Waals surface area (Å²) in [6.07, 6.45) is 0.822. The maximum Gasteiger partial charge on any atom is 0.224 e. The van der Waals surface area contributed by atoms with Crippen molar-refractivity contribution in [2.75, 3.05) is 31.7 Å². The Morgan fingerprint density at radius 2 is 2.00 bits per heavy atom. The summed E-state index contributed by atoms with van der Waals surface area (Å²) in [5.41, 5.74) is 1.86. The first-order valence-electron chi connectivity index (χ1n) is 9.65. The number of hydrogen-bond acceptors (Lipinski definition) is 8. The molecule has 31 heavy (non-hydrogen) atoms. The van der Waals surface area contributed by atoms with E-state index in [1.165, 1.54) is 12.1 Å². The van der Waals surface area contributed by atoms with Gasteiger partial charge in [-0.25, -0.2) is 19.3 Å². The van der Waals surface area contributed by atoms with E-state index in [2.05, 4.69) is 25.3 Å². The summed E-state index contributed by atoms with van der Waals surface area (Å²) >= 11 is 0. The molecule has 0 saturated carbocycles. The Balaban J connectivity index is 1.72. The molecule has 1 aromatic carbocycles. The highest BCUT2D eigenvalue weighted by atomic mass is 19.1. The number of aromatic amines is 1. The van der Waals surface area contributed by atoms with Crippen molar-refractivity contribution in [3.05, 3.63) is 48.2 Å². The highest BCUT2D eigenvalue weighted by Gasteiger charge is 2.34. The van der Waals surface area contributed by atoms with Crippen molar-refractivity contribution in [3.63, 3.8) is 0 Å². The van der Waals surface area contributed by atoms with Gasteiger partial charge in [-0.05, 0) is 30.3 Å². The van der Waals surface area contributed by atoms with Gasteiger partial charge in [0, 0.05) is 17.2 Å². The molecule has 10 heteroatoms. The van der Waals surface area contributed by atoms with Crippen LogP contribution in [0, 0.1) is 22.6 Å². The summed E-state index contributed by atoms with van der Waals surface area (Å²) in [4.78, 5) is 16.4. The Bertz CT molecular complexity index is 1090. The topological polar surface area (TPSA) is 129 Å². The number of aliphatic hydroxyl groups is 1. The van der Waals surface area contributed by atoms with E-state index < -0.39 is 11.7 Å². The van der Waals surface area contributed by atoms with Crippen LogP contribution in [0.1, 0.15) is 19.0 Å². The van der Waals surface area contributed by atoms with Crippen molar-refractivity contribution >= 4 is 5.95 Å². The first-order valence-corrected chi connectivity index (χ1v) is 9.65. The number of aliphatic hydroxyl groups excluding tert-OH is 1. The fourth-order valence-electron chi connectivity index (χ4n) is 3.10. The summed E-state index contributed by atoms with van der Waals surface area (Å²) in [7, 11) is 0. The molecule has 3 N–H and O–H groups in total. The Kier molecular flexibility index (Phi) is 5.90. The summed E-state index contributed by atoms with van der Waals surface area (Å²) in [6.45, 7) is 2.51. The van der Waals surface area contributed by atoms with Gasteiger partial charge >= 0.3 is 0 Å². The summed E-state index contributed by atoms with van der Waals surface area (Å²) in [5.74, 6) is 0.372. The van der Waals surface area contributed by atoms with Crippen molar-refractivity contribution in [3.8, 4) is 28.7 Å². The predicted octanol–water partition coefficient (Wildman–Crippen LogP) is 2.65. The van der Waals surface area contributed by atoms with E-state index in [0.717, 1.165) is 0 Å². The third-order valence-corrected chi connectivity index (χ3v) is 4.85. The lowest BCUT2D eigenvalue weighted by atomic mass is 9.94. The maximum atomic E-state index is 13.5. The number of anilines is 1. The van der Waals surface area contributed by atoms with Gasteiger partial charge in [0.25, 0.3) is 0 Å². The minimum Gasteiger partial charge on any atom is -0.396 e. The second-order valence-corrected chi connectivity index (χ2v) is 7.55. The van der Waals surface area contributed by atoms with E-state index in [-0.39, 0.29) is 19.0 Å². The standard InChI is InChI=1S/C21H21FN6O3/c1-21(10-29)11-30-19(31-12-21)18-27-16(13-2-4-14(22)5-3-13)17(28-18)15-6-8-24-20(26-15)25-9-7-23/h2-6,8,19,29H,9-12H2,1H3,(H,27,28)(H,24,25,26). The Morgan fingerprint density at radius 3 is 2.68 bits per heavy atom. The molecule has 0 aliphatic carbocycles. The third kappa shape index (κ3) is 4.54. The van der Waals surface area contributed by atoms with Crippen LogP contribution in [0.3, 0.4) is 0 Å². The monoisotopic (exact) mass is 424 g/mol. The molecule has 2 aromatic heterocycles. The van der Waals surface area contributed by atoms with Gasteiger partial charge in [-0.2, -0.15) is 5.26 Å². The lowest BCUT2D eigenvalue weighted by molar-refractivity contribution is -0.239. The number of halogens is 1. The number of nitrogens with zero attached hydrogens (tertiary/aromatic N) is 4. The van der Waals surface area contributed by atoms with Crippen LogP contribution < -0.4 is 5.32 Å². The molecule has 0 atom stereocenters. The zero-order valence-corrected chi connectivity index (χ0v) is 16.8. The number of H-pyrrole nitrogens is 1. The molecule has 1 saturated heterocycles. The van der Waals surface area contributed by atoms with Gasteiger partial charge in [0.05, 0.1) is 43.0 Å².